The normalized spacial score (nSPS) is 15.9. The molecule has 4 heteroatoms. The molecule has 0 aliphatic carbocycles. The SMILES string of the molecule is COc1ccc(C(CN)NC(C)C(C)CO)cc1C. The zero-order valence-corrected chi connectivity index (χ0v) is 12.3. The zero-order chi connectivity index (χ0) is 14.4. The van der Waals surface area contributed by atoms with Crippen LogP contribution in [0, 0.1) is 12.8 Å². The van der Waals surface area contributed by atoms with Crippen LogP contribution in [-0.4, -0.2) is 31.4 Å². The molecule has 4 N–H and O–H groups in total. The summed E-state index contributed by atoms with van der Waals surface area (Å²) in [4.78, 5) is 0. The van der Waals surface area contributed by atoms with E-state index in [4.69, 9.17) is 10.5 Å². The molecule has 0 spiro atoms. The summed E-state index contributed by atoms with van der Waals surface area (Å²) < 4.78 is 5.27. The van der Waals surface area contributed by atoms with E-state index in [9.17, 15) is 5.11 Å². The molecule has 1 aromatic carbocycles. The molecular formula is C15H26N2O2. The summed E-state index contributed by atoms with van der Waals surface area (Å²) in [6.07, 6.45) is 0. The van der Waals surface area contributed by atoms with Gasteiger partial charge in [-0.2, -0.15) is 0 Å². The quantitative estimate of drug-likeness (QED) is 0.701. The van der Waals surface area contributed by atoms with E-state index >= 15 is 0 Å². The third kappa shape index (κ3) is 4.20. The summed E-state index contributed by atoms with van der Waals surface area (Å²) in [6.45, 7) is 6.81. The average Bonchev–Trinajstić information content (AvgIpc) is 2.43. The number of ether oxygens (including phenoxy) is 1. The van der Waals surface area contributed by atoms with Gasteiger partial charge < -0.3 is 20.9 Å². The Bertz CT molecular complexity index is 396. The maximum Gasteiger partial charge on any atom is 0.121 e. The van der Waals surface area contributed by atoms with Crippen molar-refractivity contribution in [2.75, 3.05) is 20.3 Å². The van der Waals surface area contributed by atoms with Crippen LogP contribution in [0.15, 0.2) is 18.2 Å². The van der Waals surface area contributed by atoms with Gasteiger partial charge in [0.1, 0.15) is 5.75 Å². The van der Waals surface area contributed by atoms with Crippen LogP contribution in [0.5, 0.6) is 5.75 Å². The first kappa shape index (κ1) is 16.0. The largest absolute Gasteiger partial charge is 0.496 e. The van der Waals surface area contributed by atoms with E-state index in [1.165, 1.54) is 0 Å². The minimum atomic E-state index is 0.0913. The van der Waals surface area contributed by atoms with Crippen LogP contribution < -0.4 is 15.8 Å². The van der Waals surface area contributed by atoms with Crippen molar-refractivity contribution in [2.45, 2.75) is 32.9 Å². The molecule has 0 saturated carbocycles. The zero-order valence-electron chi connectivity index (χ0n) is 12.3. The molecule has 0 aromatic heterocycles. The Balaban J connectivity index is 2.82. The second-order valence-corrected chi connectivity index (χ2v) is 5.13. The molecule has 4 nitrogen and oxygen atoms in total. The van der Waals surface area contributed by atoms with Crippen molar-refractivity contribution in [3.05, 3.63) is 29.3 Å². The smallest absolute Gasteiger partial charge is 0.121 e. The molecule has 1 aromatic rings. The Morgan fingerprint density at radius 3 is 2.53 bits per heavy atom. The Morgan fingerprint density at radius 2 is 2.05 bits per heavy atom. The van der Waals surface area contributed by atoms with E-state index in [1.807, 2.05) is 26.0 Å². The van der Waals surface area contributed by atoms with Gasteiger partial charge in [-0.3, -0.25) is 0 Å². The minimum Gasteiger partial charge on any atom is -0.496 e. The highest BCUT2D eigenvalue weighted by molar-refractivity contribution is 5.37. The predicted octanol–water partition coefficient (Wildman–Crippen LogP) is 1.61. The molecule has 0 amide bonds. The van der Waals surface area contributed by atoms with Gasteiger partial charge in [0.2, 0.25) is 0 Å². The highest BCUT2D eigenvalue weighted by atomic mass is 16.5. The van der Waals surface area contributed by atoms with Crippen molar-refractivity contribution in [3.63, 3.8) is 0 Å². The first-order valence-electron chi connectivity index (χ1n) is 6.75. The maximum atomic E-state index is 9.19. The molecule has 0 aliphatic heterocycles. The van der Waals surface area contributed by atoms with Crippen LogP contribution in [-0.2, 0) is 0 Å². The van der Waals surface area contributed by atoms with Crippen LogP contribution >= 0.6 is 0 Å². The topological polar surface area (TPSA) is 67.5 Å². The Labute approximate surface area is 116 Å². The van der Waals surface area contributed by atoms with Crippen molar-refractivity contribution in [2.24, 2.45) is 11.7 Å². The van der Waals surface area contributed by atoms with Crippen LogP contribution in [0.4, 0.5) is 0 Å². The van der Waals surface area contributed by atoms with Gasteiger partial charge in [0.15, 0.2) is 0 Å². The molecule has 0 aliphatic rings. The highest BCUT2D eigenvalue weighted by Crippen LogP contribution is 2.23. The maximum absolute atomic E-state index is 9.19. The fraction of sp³-hybridized carbons (Fsp3) is 0.600. The highest BCUT2D eigenvalue weighted by Gasteiger charge is 2.17. The Kier molecular flexibility index (Phi) is 6.28. The molecule has 3 atom stereocenters. The number of hydrogen-bond donors (Lipinski definition) is 3. The molecule has 0 radical (unpaired) electrons. The number of methoxy groups -OCH3 is 1. The molecule has 0 bridgehead atoms. The van der Waals surface area contributed by atoms with Crippen LogP contribution in [0.3, 0.4) is 0 Å². The molecule has 1 rings (SSSR count). The second kappa shape index (κ2) is 7.48. The van der Waals surface area contributed by atoms with E-state index in [0.717, 1.165) is 16.9 Å². The second-order valence-electron chi connectivity index (χ2n) is 5.13. The Hall–Kier alpha value is -1.10. The van der Waals surface area contributed by atoms with Crippen molar-refractivity contribution < 1.29 is 9.84 Å². The van der Waals surface area contributed by atoms with Gasteiger partial charge >= 0.3 is 0 Å². The first-order chi connectivity index (χ1) is 9.03. The number of aryl methyl sites for hydroxylation is 1. The molecule has 0 saturated heterocycles. The molecule has 0 heterocycles. The summed E-state index contributed by atoms with van der Waals surface area (Å²) >= 11 is 0. The summed E-state index contributed by atoms with van der Waals surface area (Å²) in [5.74, 6) is 1.09. The van der Waals surface area contributed by atoms with Gasteiger partial charge in [0, 0.05) is 25.2 Å². The fourth-order valence-electron chi connectivity index (χ4n) is 2.06. The van der Waals surface area contributed by atoms with Crippen molar-refractivity contribution in [1.82, 2.24) is 5.32 Å². The summed E-state index contributed by atoms with van der Waals surface area (Å²) in [5.41, 5.74) is 8.11. The molecule has 0 fully saturated rings. The van der Waals surface area contributed by atoms with Crippen molar-refractivity contribution in [3.8, 4) is 5.75 Å². The number of aliphatic hydroxyl groups is 1. The third-order valence-electron chi connectivity index (χ3n) is 3.66. The fourth-order valence-corrected chi connectivity index (χ4v) is 2.06. The summed E-state index contributed by atoms with van der Waals surface area (Å²) in [7, 11) is 1.67. The molecule has 108 valence electrons. The number of nitrogens with one attached hydrogen (secondary N) is 1. The van der Waals surface area contributed by atoms with Crippen molar-refractivity contribution >= 4 is 0 Å². The summed E-state index contributed by atoms with van der Waals surface area (Å²) in [5, 5.41) is 12.7. The predicted molar refractivity (Wildman–Crippen MR) is 78.4 cm³/mol. The van der Waals surface area contributed by atoms with Gasteiger partial charge in [-0.15, -0.1) is 0 Å². The van der Waals surface area contributed by atoms with E-state index in [1.54, 1.807) is 7.11 Å². The number of hydrogen-bond acceptors (Lipinski definition) is 4. The lowest BCUT2D eigenvalue weighted by Crippen LogP contribution is -2.39. The van der Waals surface area contributed by atoms with E-state index in [-0.39, 0.29) is 24.6 Å². The lowest BCUT2D eigenvalue weighted by molar-refractivity contribution is 0.201. The number of benzene rings is 1. The van der Waals surface area contributed by atoms with Gasteiger partial charge in [-0.1, -0.05) is 19.1 Å². The summed E-state index contributed by atoms with van der Waals surface area (Å²) in [6, 6.07) is 6.40. The first-order valence-corrected chi connectivity index (χ1v) is 6.75. The van der Waals surface area contributed by atoms with Gasteiger partial charge in [-0.05, 0) is 37.0 Å². The third-order valence-corrected chi connectivity index (χ3v) is 3.66. The number of rotatable bonds is 7. The lowest BCUT2D eigenvalue weighted by Gasteiger charge is -2.26. The minimum absolute atomic E-state index is 0.0913. The van der Waals surface area contributed by atoms with Gasteiger partial charge in [0.25, 0.3) is 0 Å². The molecule has 19 heavy (non-hydrogen) atoms. The van der Waals surface area contributed by atoms with Crippen LogP contribution in [0.25, 0.3) is 0 Å². The number of aliphatic hydroxyl groups excluding tert-OH is 1. The van der Waals surface area contributed by atoms with E-state index in [0.29, 0.717) is 6.54 Å². The van der Waals surface area contributed by atoms with E-state index < -0.39 is 0 Å². The molecular weight excluding hydrogens is 240 g/mol. The Morgan fingerprint density at radius 1 is 1.37 bits per heavy atom. The van der Waals surface area contributed by atoms with Crippen LogP contribution in [0.1, 0.15) is 31.0 Å². The van der Waals surface area contributed by atoms with Crippen molar-refractivity contribution in [1.29, 1.82) is 0 Å². The van der Waals surface area contributed by atoms with Gasteiger partial charge in [-0.25, -0.2) is 0 Å². The number of nitrogens with two attached hydrogens (primary N) is 1. The standard InChI is InChI=1S/C15H26N2O2/c1-10-7-13(5-6-15(10)19-4)14(8-16)17-12(3)11(2)9-18/h5-7,11-12,14,17-18H,8-9,16H2,1-4H3. The van der Waals surface area contributed by atoms with Crippen LogP contribution in [0.2, 0.25) is 0 Å². The molecule has 3 unspecified atom stereocenters. The van der Waals surface area contributed by atoms with Gasteiger partial charge in [0.05, 0.1) is 7.11 Å². The van der Waals surface area contributed by atoms with E-state index in [2.05, 4.69) is 18.3 Å². The monoisotopic (exact) mass is 266 g/mol. The lowest BCUT2D eigenvalue weighted by atomic mass is 9.99. The average molecular weight is 266 g/mol.